The van der Waals surface area contributed by atoms with Crippen LogP contribution in [0.2, 0.25) is 0 Å². The molecule has 1 aromatic heterocycles. The second-order valence-corrected chi connectivity index (χ2v) is 3.74. The molecule has 14 heavy (non-hydrogen) atoms. The smallest absolute Gasteiger partial charge is 0.380 e. The topological polar surface area (TPSA) is 43.4 Å². The monoisotopic (exact) mass is 212 g/mol. The SMILES string of the molecule is CCCCOC(=O)C(=O)c1cccs1. The Morgan fingerprint density at radius 2 is 2.29 bits per heavy atom. The summed E-state index contributed by atoms with van der Waals surface area (Å²) in [7, 11) is 0. The molecule has 0 bridgehead atoms. The van der Waals surface area contributed by atoms with Crippen LogP contribution in [0.15, 0.2) is 17.5 Å². The lowest BCUT2D eigenvalue weighted by molar-refractivity contribution is -0.138. The molecule has 3 nitrogen and oxygen atoms in total. The zero-order valence-corrected chi connectivity index (χ0v) is 8.80. The van der Waals surface area contributed by atoms with Crippen LogP contribution in [-0.4, -0.2) is 18.4 Å². The molecule has 1 heterocycles. The number of hydrogen-bond donors (Lipinski definition) is 0. The van der Waals surface area contributed by atoms with Gasteiger partial charge in [-0.05, 0) is 17.9 Å². The van der Waals surface area contributed by atoms with Gasteiger partial charge in [0.25, 0.3) is 5.78 Å². The molecule has 1 aromatic rings. The first-order valence-corrected chi connectivity index (χ1v) is 5.38. The second-order valence-electron chi connectivity index (χ2n) is 2.80. The molecule has 0 aliphatic heterocycles. The molecule has 0 aromatic carbocycles. The van der Waals surface area contributed by atoms with E-state index < -0.39 is 11.8 Å². The van der Waals surface area contributed by atoms with Crippen molar-refractivity contribution in [2.45, 2.75) is 19.8 Å². The maximum Gasteiger partial charge on any atom is 0.380 e. The van der Waals surface area contributed by atoms with Gasteiger partial charge in [-0.3, -0.25) is 4.79 Å². The minimum Gasteiger partial charge on any atom is -0.460 e. The maximum absolute atomic E-state index is 11.3. The van der Waals surface area contributed by atoms with Gasteiger partial charge in [-0.15, -0.1) is 11.3 Å². The summed E-state index contributed by atoms with van der Waals surface area (Å²) in [5.74, 6) is -1.29. The third kappa shape index (κ3) is 2.96. The molecule has 76 valence electrons. The molecular formula is C10H12O3S. The van der Waals surface area contributed by atoms with Crippen molar-refractivity contribution in [3.8, 4) is 0 Å². The largest absolute Gasteiger partial charge is 0.460 e. The molecule has 4 heteroatoms. The Labute approximate surface area is 86.7 Å². The summed E-state index contributed by atoms with van der Waals surface area (Å²) in [6, 6.07) is 3.35. The number of carbonyl (C=O) groups is 2. The lowest BCUT2D eigenvalue weighted by atomic mass is 10.3. The quantitative estimate of drug-likeness (QED) is 0.325. The number of hydrogen-bond acceptors (Lipinski definition) is 4. The van der Waals surface area contributed by atoms with E-state index in [-0.39, 0.29) is 0 Å². The normalized spacial score (nSPS) is 9.79. The van der Waals surface area contributed by atoms with E-state index >= 15 is 0 Å². The maximum atomic E-state index is 11.3. The Bertz CT molecular complexity index is 303. The number of ether oxygens (including phenoxy) is 1. The standard InChI is InChI=1S/C10H12O3S/c1-2-3-6-13-10(12)9(11)8-5-4-7-14-8/h4-5,7H,2-3,6H2,1H3. The van der Waals surface area contributed by atoms with Crippen molar-refractivity contribution >= 4 is 23.1 Å². The summed E-state index contributed by atoms with van der Waals surface area (Å²) in [6.07, 6.45) is 1.74. The Morgan fingerprint density at radius 1 is 1.50 bits per heavy atom. The highest BCUT2D eigenvalue weighted by molar-refractivity contribution is 7.12. The van der Waals surface area contributed by atoms with E-state index in [0.29, 0.717) is 11.5 Å². The Balaban J connectivity index is 2.42. The number of ketones is 1. The third-order valence-electron chi connectivity index (χ3n) is 1.66. The Morgan fingerprint density at radius 3 is 2.86 bits per heavy atom. The molecule has 0 N–H and O–H groups in total. The predicted octanol–water partition coefficient (Wildman–Crippen LogP) is 2.27. The highest BCUT2D eigenvalue weighted by atomic mass is 32.1. The minimum atomic E-state index is -0.749. The summed E-state index contributed by atoms with van der Waals surface area (Å²) in [6.45, 7) is 2.32. The van der Waals surface area contributed by atoms with Gasteiger partial charge in [-0.25, -0.2) is 4.79 Å². The first kappa shape index (κ1) is 10.9. The molecule has 0 radical (unpaired) electrons. The van der Waals surface area contributed by atoms with Crippen LogP contribution in [0.25, 0.3) is 0 Å². The van der Waals surface area contributed by atoms with Crippen molar-refractivity contribution in [2.24, 2.45) is 0 Å². The van der Waals surface area contributed by atoms with E-state index in [0.717, 1.165) is 12.8 Å². The fourth-order valence-corrected chi connectivity index (χ4v) is 1.53. The van der Waals surface area contributed by atoms with Gasteiger partial charge in [0, 0.05) is 0 Å². The minimum absolute atomic E-state index is 0.326. The van der Waals surface area contributed by atoms with Crippen LogP contribution in [0.4, 0.5) is 0 Å². The zero-order valence-electron chi connectivity index (χ0n) is 7.99. The van der Waals surface area contributed by atoms with E-state index in [1.54, 1.807) is 17.5 Å². The van der Waals surface area contributed by atoms with Crippen molar-refractivity contribution in [1.82, 2.24) is 0 Å². The van der Waals surface area contributed by atoms with E-state index in [9.17, 15) is 9.59 Å². The zero-order chi connectivity index (χ0) is 10.4. The highest BCUT2D eigenvalue weighted by Gasteiger charge is 2.18. The van der Waals surface area contributed by atoms with Gasteiger partial charge in [-0.1, -0.05) is 19.4 Å². The molecule has 0 unspecified atom stereocenters. The average Bonchev–Trinajstić information content (AvgIpc) is 2.69. The summed E-state index contributed by atoms with van der Waals surface area (Å²) in [5, 5.41) is 1.76. The van der Waals surface area contributed by atoms with Crippen molar-refractivity contribution < 1.29 is 14.3 Å². The molecule has 0 atom stereocenters. The van der Waals surface area contributed by atoms with E-state index in [4.69, 9.17) is 4.74 Å². The highest BCUT2D eigenvalue weighted by Crippen LogP contribution is 2.10. The van der Waals surface area contributed by atoms with Gasteiger partial charge in [0.1, 0.15) is 0 Å². The summed E-state index contributed by atoms with van der Waals surface area (Å²) < 4.78 is 4.79. The van der Waals surface area contributed by atoms with E-state index in [1.165, 1.54) is 11.3 Å². The van der Waals surface area contributed by atoms with E-state index in [2.05, 4.69) is 0 Å². The van der Waals surface area contributed by atoms with Gasteiger partial charge in [0.05, 0.1) is 11.5 Å². The Hall–Kier alpha value is -1.16. The number of thiophene rings is 1. The number of esters is 1. The van der Waals surface area contributed by atoms with Crippen LogP contribution in [0, 0.1) is 0 Å². The second kappa shape index (κ2) is 5.54. The van der Waals surface area contributed by atoms with Gasteiger partial charge in [0.2, 0.25) is 0 Å². The van der Waals surface area contributed by atoms with Crippen LogP contribution in [0.3, 0.4) is 0 Å². The molecule has 0 saturated carbocycles. The molecule has 0 aliphatic carbocycles. The first-order valence-electron chi connectivity index (χ1n) is 4.50. The Kier molecular flexibility index (Phi) is 4.32. The van der Waals surface area contributed by atoms with E-state index in [1.807, 2.05) is 6.92 Å². The van der Waals surface area contributed by atoms with Gasteiger partial charge in [0.15, 0.2) is 0 Å². The lowest BCUT2D eigenvalue weighted by Gasteiger charge is -2.00. The third-order valence-corrected chi connectivity index (χ3v) is 2.53. The molecule has 0 aliphatic rings. The fraction of sp³-hybridized carbons (Fsp3) is 0.400. The fourth-order valence-electron chi connectivity index (χ4n) is 0.883. The molecule has 0 spiro atoms. The van der Waals surface area contributed by atoms with Crippen molar-refractivity contribution in [3.05, 3.63) is 22.4 Å². The lowest BCUT2D eigenvalue weighted by Crippen LogP contribution is -2.17. The van der Waals surface area contributed by atoms with Crippen LogP contribution in [-0.2, 0) is 9.53 Å². The van der Waals surface area contributed by atoms with Gasteiger partial charge >= 0.3 is 5.97 Å². The number of unbranched alkanes of at least 4 members (excludes halogenated alkanes) is 1. The van der Waals surface area contributed by atoms with Crippen molar-refractivity contribution in [1.29, 1.82) is 0 Å². The summed E-state index contributed by atoms with van der Waals surface area (Å²) in [4.78, 5) is 22.9. The van der Waals surface area contributed by atoms with Crippen LogP contribution >= 0.6 is 11.3 Å². The molecule has 0 amide bonds. The average molecular weight is 212 g/mol. The van der Waals surface area contributed by atoms with Crippen LogP contribution in [0.5, 0.6) is 0 Å². The number of rotatable bonds is 5. The molecule has 0 fully saturated rings. The van der Waals surface area contributed by atoms with Crippen LogP contribution in [0.1, 0.15) is 29.4 Å². The molecular weight excluding hydrogens is 200 g/mol. The predicted molar refractivity (Wildman–Crippen MR) is 54.5 cm³/mol. The number of Topliss-reactive ketones (excluding diaryl/α,β-unsaturated/α-hetero) is 1. The molecule has 0 saturated heterocycles. The first-order chi connectivity index (χ1) is 6.75. The van der Waals surface area contributed by atoms with Crippen molar-refractivity contribution in [3.63, 3.8) is 0 Å². The summed E-state index contributed by atoms with van der Waals surface area (Å²) >= 11 is 1.25. The van der Waals surface area contributed by atoms with Crippen molar-refractivity contribution in [2.75, 3.05) is 6.61 Å². The number of carbonyl (C=O) groups excluding carboxylic acids is 2. The molecule has 1 rings (SSSR count). The van der Waals surface area contributed by atoms with Crippen LogP contribution < -0.4 is 0 Å². The van der Waals surface area contributed by atoms with Gasteiger partial charge in [-0.2, -0.15) is 0 Å². The van der Waals surface area contributed by atoms with Gasteiger partial charge < -0.3 is 4.74 Å². The summed E-state index contributed by atoms with van der Waals surface area (Å²) in [5.41, 5.74) is 0.